The lowest BCUT2D eigenvalue weighted by atomic mass is 9.96. The van der Waals surface area contributed by atoms with E-state index in [4.69, 9.17) is 0 Å². The maximum Gasteiger partial charge on any atom is 0.0355 e. The molecule has 0 amide bonds. The third-order valence-electron chi connectivity index (χ3n) is 7.32. The molecule has 0 aliphatic carbocycles. The Kier molecular flexibility index (Phi) is 5.84. The van der Waals surface area contributed by atoms with Gasteiger partial charge in [-0.05, 0) is 69.1 Å². The summed E-state index contributed by atoms with van der Waals surface area (Å²) in [6, 6.07) is 53.0. The molecule has 0 N–H and O–H groups in total. The van der Waals surface area contributed by atoms with Crippen LogP contribution in [0.25, 0.3) is 53.6 Å². The Morgan fingerprint density at radius 1 is 0.342 bits per heavy atom. The molecule has 1 heterocycles. The maximum absolute atomic E-state index is 2.34. The van der Waals surface area contributed by atoms with Crippen LogP contribution in [-0.2, 0) is 6.42 Å². The first-order valence-electron chi connectivity index (χ1n) is 13.1. The second-order valence-corrected chi connectivity index (χ2v) is 10.9. The molecule has 0 bridgehead atoms. The Balaban J connectivity index is 1.11. The van der Waals surface area contributed by atoms with Crippen LogP contribution in [0.1, 0.15) is 11.1 Å². The minimum absolute atomic E-state index is 0.921. The third kappa shape index (κ3) is 4.42. The van der Waals surface area contributed by atoms with Gasteiger partial charge in [0.05, 0.1) is 0 Å². The lowest BCUT2D eigenvalue weighted by molar-refractivity contribution is 1.19. The summed E-state index contributed by atoms with van der Waals surface area (Å²) >= 11 is 1.87. The minimum Gasteiger partial charge on any atom is -0.135 e. The van der Waals surface area contributed by atoms with Crippen molar-refractivity contribution < 1.29 is 0 Å². The molecule has 0 nitrogen and oxygen atoms in total. The molecule has 0 unspecified atom stereocenters. The van der Waals surface area contributed by atoms with E-state index in [2.05, 4.69) is 146 Å². The summed E-state index contributed by atoms with van der Waals surface area (Å²) in [5, 5.41) is 2.70. The molecule has 1 heteroatoms. The first kappa shape index (κ1) is 22.7. The topological polar surface area (TPSA) is 0 Å². The highest BCUT2D eigenvalue weighted by Gasteiger charge is 2.07. The predicted molar refractivity (Wildman–Crippen MR) is 165 cm³/mol. The molecule has 7 rings (SSSR count). The molecule has 0 aliphatic heterocycles. The quantitative estimate of drug-likeness (QED) is 0.220. The van der Waals surface area contributed by atoms with Crippen molar-refractivity contribution in [3.63, 3.8) is 0 Å². The summed E-state index contributed by atoms with van der Waals surface area (Å²) in [4.78, 5) is 0. The second kappa shape index (κ2) is 9.78. The van der Waals surface area contributed by atoms with E-state index in [0.29, 0.717) is 0 Å². The minimum atomic E-state index is 0.921. The second-order valence-electron chi connectivity index (χ2n) is 9.83. The van der Waals surface area contributed by atoms with Crippen LogP contribution in [0.15, 0.2) is 146 Å². The van der Waals surface area contributed by atoms with Crippen LogP contribution in [0.2, 0.25) is 0 Å². The number of rotatable bonds is 5. The summed E-state index contributed by atoms with van der Waals surface area (Å²) in [6.07, 6.45) is 0.921. The van der Waals surface area contributed by atoms with Crippen molar-refractivity contribution in [3.05, 3.63) is 157 Å². The summed E-state index contributed by atoms with van der Waals surface area (Å²) in [6.45, 7) is 0. The number of fused-ring (bicyclic) bond motifs is 3. The van der Waals surface area contributed by atoms with Crippen LogP contribution in [0, 0.1) is 0 Å². The highest BCUT2D eigenvalue weighted by Crippen LogP contribution is 2.36. The van der Waals surface area contributed by atoms with Gasteiger partial charge in [-0.3, -0.25) is 0 Å². The fraction of sp³-hybridized carbons (Fsp3) is 0.0270. The van der Waals surface area contributed by atoms with Crippen LogP contribution in [0.5, 0.6) is 0 Å². The molecule has 180 valence electrons. The predicted octanol–water partition coefficient (Wildman–Crippen LogP) is 10.6. The molecular formula is C37H26S. The van der Waals surface area contributed by atoms with E-state index in [1.807, 2.05) is 11.3 Å². The van der Waals surface area contributed by atoms with Gasteiger partial charge in [-0.1, -0.05) is 127 Å². The zero-order valence-electron chi connectivity index (χ0n) is 21.0. The Morgan fingerprint density at radius 3 is 1.68 bits per heavy atom. The molecule has 0 fully saturated rings. The maximum atomic E-state index is 2.34. The van der Waals surface area contributed by atoms with Crippen LogP contribution in [0.3, 0.4) is 0 Å². The molecule has 0 radical (unpaired) electrons. The monoisotopic (exact) mass is 502 g/mol. The van der Waals surface area contributed by atoms with Gasteiger partial charge in [0.1, 0.15) is 0 Å². The Hall–Kier alpha value is -4.46. The van der Waals surface area contributed by atoms with E-state index < -0.39 is 0 Å². The fourth-order valence-electron chi connectivity index (χ4n) is 5.30. The average molecular weight is 503 g/mol. The van der Waals surface area contributed by atoms with Gasteiger partial charge >= 0.3 is 0 Å². The van der Waals surface area contributed by atoms with Crippen LogP contribution >= 0.6 is 11.3 Å². The molecule has 38 heavy (non-hydrogen) atoms. The number of thiophene rings is 1. The van der Waals surface area contributed by atoms with Crippen LogP contribution < -0.4 is 0 Å². The van der Waals surface area contributed by atoms with Crippen molar-refractivity contribution >= 4 is 31.5 Å². The van der Waals surface area contributed by atoms with Gasteiger partial charge in [0, 0.05) is 20.2 Å². The van der Waals surface area contributed by atoms with Crippen LogP contribution in [0.4, 0.5) is 0 Å². The zero-order chi connectivity index (χ0) is 25.3. The van der Waals surface area contributed by atoms with Gasteiger partial charge in [0.2, 0.25) is 0 Å². The molecular weight excluding hydrogens is 476 g/mol. The molecule has 0 spiro atoms. The summed E-state index contributed by atoms with van der Waals surface area (Å²) in [5.41, 5.74) is 10.2. The molecule has 7 aromatic rings. The van der Waals surface area contributed by atoms with E-state index in [0.717, 1.165) is 6.42 Å². The fourth-order valence-corrected chi connectivity index (χ4v) is 6.39. The smallest absolute Gasteiger partial charge is 0.0355 e. The lowest BCUT2D eigenvalue weighted by Crippen LogP contribution is -1.89. The summed E-state index contributed by atoms with van der Waals surface area (Å²) in [7, 11) is 0. The SMILES string of the molecule is c1ccc(-c2ccc(-c3cccc(Cc4ccc(-c5ccc6sc7ccccc7c6c5)cc4)c3)cc2)cc1. The number of hydrogen-bond acceptors (Lipinski definition) is 1. The van der Waals surface area contributed by atoms with Crippen molar-refractivity contribution in [2.24, 2.45) is 0 Å². The average Bonchev–Trinajstić information content (AvgIpc) is 3.36. The molecule has 1 aromatic heterocycles. The van der Waals surface area contributed by atoms with E-state index in [-0.39, 0.29) is 0 Å². The van der Waals surface area contributed by atoms with Gasteiger partial charge in [-0.15, -0.1) is 11.3 Å². The first-order chi connectivity index (χ1) is 18.8. The first-order valence-corrected chi connectivity index (χ1v) is 13.9. The standard InChI is InChI=1S/C37H26S/c1-2-8-28(9-3-1)29-17-19-31(20-18-29)32-10-6-7-27(24-32)23-26-13-15-30(16-14-26)33-21-22-37-35(25-33)34-11-4-5-12-36(34)38-37/h1-22,24-25H,23H2. The summed E-state index contributed by atoms with van der Waals surface area (Å²) < 4.78 is 2.70. The summed E-state index contributed by atoms with van der Waals surface area (Å²) in [5.74, 6) is 0. The van der Waals surface area contributed by atoms with Crippen molar-refractivity contribution in [1.29, 1.82) is 0 Å². The van der Waals surface area contributed by atoms with Gasteiger partial charge in [-0.25, -0.2) is 0 Å². The molecule has 0 aliphatic rings. The molecule has 6 aromatic carbocycles. The molecule has 0 atom stereocenters. The van der Waals surface area contributed by atoms with Crippen molar-refractivity contribution in [1.82, 2.24) is 0 Å². The lowest BCUT2D eigenvalue weighted by Gasteiger charge is -2.09. The largest absolute Gasteiger partial charge is 0.135 e. The Labute approximate surface area is 227 Å². The van der Waals surface area contributed by atoms with E-state index in [1.165, 1.54) is 64.7 Å². The van der Waals surface area contributed by atoms with Gasteiger partial charge in [-0.2, -0.15) is 0 Å². The highest BCUT2D eigenvalue weighted by molar-refractivity contribution is 7.25. The van der Waals surface area contributed by atoms with Crippen molar-refractivity contribution in [2.45, 2.75) is 6.42 Å². The van der Waals surface area contributed by atoms with Crippen molar-refractivity contribution in [2.75, 3.05) is 0 Å². The van der Waals surface area contributed by atoms with Crippen molar-refractivity contribution in [3.8, 4) is 33.4 Å². The normalized spacial score (nSPS) is 11.3. The van der Waals surface area contributed by atoms with Gasteiger partial charge < -0.3 is 0 Å². The Bertz CT molecular complexity index is 1860. The van der Waals surface area contributed by atoms with E-state index in [9.17, 15) is 0 Å². The van der Waals surface area contributed by atoms with E-state index >= 15 is 0 Å². The highest BCUT2D eigenvalue weighted by atomic mass is 32.1. The molecule has 0 saturated carbocycles. The zero-order valence-corrected chi connectivity index (χ0v) is 21.8. The van der Waals surface area contributed by atoms with Gasteiger partial charge in [0.15, 0.2) is 0 Å². The van der Waals surface area contributed by atoms with E-state index in [1.54, 1.807) is 0 Å². The van der Waals surface area contributed by atoms with Crippen LogP contribution in [-0.4, -0.2) is 0 Å². The number of hydrogen-bond donors (Lipinski definition) is 0. The number of benzene rings is 6. The molecule has 0 saturated heterocycles. The Morgan fingerprint density at radius 2 is 0.895 bits per heavy atom. The van der Waals surface area contributed by atoms with Gasteiger partial charge in [0.25, 0.3) is 0 Å². The third-order valence-corrected chi connectivity index (χ3v) is 8.48.